The zero-order chi connectivity index (χ0) is 14.8. The minimum Gasteiger partial charge on any atom is -0.343 e. The van der Waals surface area contributed by atoms with Gasteiger partial charge in [0.25, 0.3) is 0 Å². The lowest BCUT2D eigenvalue weighted by molar-refractivity contribution is 0.837. The summed E-state index contributed by atoms with van der Waals surface area (Å²) in [6.45, 7) is 1.38. The van der Waals surface area contributed by atoms with Gasteiger partial charge in [-0.1, -0.05) is 29.3 Å². The molecule has 0 aliphatic carbocycles. The van der Waals surface area contributed by atoms with Crippen molar-refractivity contribution in [1.82, 2.24) is 4.57 Å². The van der Waals surface area contributed by atoms with Crippen LogP contribution in [0.15, 0.2) is 48.7 Å². The summed E-state index contributed by atoms with van der Waals surface area (Å²) < 4.78 is 2.18. The van der Waals surface area contributed by atoms with Crippen LogP contribution in [0.25, 0.3) is 10.9 Å². The van der Waals surface area contributed by atoms with Gasteiger partial charge in [0.05, 0.1) is 0 Å². The maximum atomic E-state index is 6.24. The van der Waals surface area contributed by atoms with Gasteiger partial charge in [0.2, 0.25) is 0 Å². The molecule has 108 valence electrons. The molecule has 0 bridgehead atoms. The molecule has 1 heterocycles. The first kappa shape index (κ1) is 14.5. The van der Waals surface area contributed by atoms with Crippen molar-refractivity contribution in [2.24, 2.45) is 5.73 Å². The second kappa shape index (κ2) is 6.10. The van der Waals surface area contributed by atoms with Crippen molar-refractivity contribution >= 4 is 34.1 Å². The minimum atomic E-state index is 0.671. The van der Waals surface area contributed by atoms with Gasteiger partial charge < -0.3 is 10.3 Å². The standard InChI is InChI=1S/C17H16Cl2N2/c18-15-2-3-16(19)14(10-15)11-21-8-6-13-9-12(5-7-20)1-4-17(13)21/h1-4,6,8-10H,5,7,11,20H2. The average molecular weight is 319 g/mol. The van der Waals surface area contributed by atoms with Crippen LogP contribution >= 0.6 is 23.2 Å². The van der Waals surface area contributed by atoms with Crippen molar-refractivity contribution in [3.05, 3.63) is 69.8 Å². The fourth-order valence-corrected chi connectivity index (χ4v) is 2.93. The highest BCUT2D eigenvalue weighted by Crippen LogP contribution is 2.24. The molecular formula is C17H16Cl2N2. The van der Waals surface area contributed by atoms with Crippen molar-refractivity contribution in [1.29, 1.82) is 0 Å². The molecule has 4 heteroatoms. The molecule has 3 rings (SSSR count). The van der Waals surface area contributed by atoms with Gasteiger partial charge in [0.15, 0.2) is 0 Å². The Morgan fingerprint density at radius 2 is 1.86 bits per heavy atom. The fourth-order valence-electron chi connectivity index (χ4n) is 2.56. The second-order valence-electron chi connectivity index (χ2n) is 5.11. The zero-order valence-corrected chi connectivity index (χ0v) is 13.0. The molecule has 2 aromatic carbocycles. The van der Waals surface area contributed by atoms with E-state index in [0.717, 1.165) is 17.0 Å². The van der Waals surface area contributed by atoms with Crippen LogP contribution in [0, 0.1) is 0 Å². The number of hydrogen-bond acceptors (Lipinski definition) is 1. The summed E-state index contributed by atoms with van der Waals surface area (Å²) >= 11 is 12.3. The first-order valence-electron chi connectivity index (χ1n) is 6.89. The van der Waals surface area contributed by atoms with E-state index < -0.39 is 0 Å². The van der Waals surface area contributed by atoms with Gasteiger partial charge in [-0.15, -0.1) is 0 Å². The van der Waals surface area contributed by atoms with Crippen LogP contribution in [0.3, 0.4) is 0 Å². The normalized spacial score (nSPS) is 11.2. The van der Waals surface area contributed by atoms with Gasteiger partial charge in [-0.3, -0.25) is 0 Å². The minimum absolute atomic E-state index is 0.671. The first-order valence-corrected chi connectivity index (χ1v) is 7.65. The lowest BCUT2D eigenvalue weighted by atomic mass is 10.1. The Kier molecular flexibility index (Phi) is 4.20. The predicted octanol–water partition coefficient (Wildman–Crippen LogP) is 4.50. The third kappa shape index (κ3) is 3.08. The van der Waals surface area contributed by atoms with Gasteiger partial charge >= 0.3 is 0 Å². The van der Waals surface area contributed by atoms with Crippen molar-refractivity contribution in [2.75, 3.05) is 6.54 Å². The Bertz CT molecular complexity index is 778. The molecule has 0 radical (unpaired) electrons. The van der Waals surface area contributed by atoms with Crippen LogP contribution < -0.4 is 5.73 Å². The Morgan fingerprint density at radius 3 is 2.67 bits per heavy atom. The molecule has 0 spiro atoms. The molecule has 1 aromatic heterocycles. The molecule has 0 unspecified atom stereocenters. The second-order valence-corrected chi connectivity index (χ2v) is 5.95. The smallest absolute Gasteiger partial charge is 0.0491 e. The Labute approximate surface area is 134 Å². The van der Waals surface area contributed by atoms with E-state index in [1.165, 1.54) is 16.5 Å². The lowest BCUT2D eigenvalue weighted by Crippen LogP contribution is -2.02. The molecule has 0 aliphatic heterocycles. The SMILES string of the molecule is NCCc1ccc2c(ccn2Cc2cc(Cl)ccc2Cl)c1. The van der Waals surface area contributed by atoms with Gasteiger partial charge in [-0.2, -0.15) is 0 Å². The van der Waals surface area contributed by atoms with E-state index in [4.69, 9.17) is 28.9 Å². The number of aromatic nitrogens is 1. The molecule has 0 saturated heterocycles. The molecule has 3 aromatic rings. The van der Waals surface area contributed by atoms with Gasteiger partial charge in [0.1, 0.15) is 0 Å². The Balaban J connectivity index is 1.96. The van der Waals surface area contributed by atoms with Crippen LogP contribution in [0.5, 0.6) is 0 Å². The van der Waals surface area contributed by atoms with E-state index in [1.807, 2.05) is 12.1 Å². The number of fused-ring (bicyclic) bond motifs is 1. The topological polar surface area (TPSA) is 30.9 Å². The number of rotatable bonds is 4. The van der Waals surface area contributed by atoms with Gasteiger partial charge in [-0.25, -0.2) is 0 Å². The highest BCUT2D eigenvalue weighted by Gasteiger charge is 2.06. The van der Waals surface area contributed by atoms with Crippen LogP contribution in [-0.2, 0) is 13.0 Å². The molecule has 0 saturated carbocycles. The van der Waals surface area contributed by atoms with Gasteiger partial charge in [-0.05, 0) is 65.9 Å². The first-order chi connectivity index (χ1) is 10.2. The zero-order valence-electron chi connectivity index (χ0n) is 11.5. The molecule has 2 nitrogen and oxygen atoms in total. The number of hydrogen-bond donors (Lipinski definition) is 1. The van der Waals surface area contributed by atoms with Crippen molar-refractivity contribution in [3.8, 4) is 0 Å². The highest BCUT2D eigenvalue weighted by molar-refractivity contribution is 6.33. The van der Waals surface area contributed by atoms with Crippen LogP contribution in [0.4, 0.5) is 0 Å². The summed E-state index contributed by atoms with van der Waals surface area (Å²) in [6, 6.07) is 14.1. The van der Waals surface area contributed by atoms with E-state index in [2.05, 4.69) is 35.0 Å². The Morgan fingerprint density at radius 1 is 1.00 bits per heavy atom. The molecule has 2 N–H and O–H groups in total. The number of benzene rings is 2. The lowest BCUT2D eigenvalue weighted by Gasteiger charge is -2.09. The molecule has 21 heavy (non-hydrogen) atoms. The van der Waals surface area contributed by atoms with Crippen molar-refractivity contribution < 1.29 is 0 Å². The number of nitrogens with zero attached hydrogens (tertiary/aromatic N) is 1. The largest absolute Gasteiger partial charge is 0.343 e. The van der Waals surface area contributed by atoms with Crippen LogP contribution in [0.1, 0.15) is 11.1 Å². The maximum absolute atomic E-state index is 6.24. The van der Waals surface area contributed by atoms with Crippen molar-refractivity contribution in [2.45, 2.75) is 13.0 Å². The molecule has 0 amide bonds. The highest BCUT2D eigenvalue weighted by atomic mass is 35.5. The van der Waals surface area contributed by atoms with E-state index >= 15 is 0 Å². The average Bonchev–Trinajstić information content (AvgIpc) is 2.86. The van der Waals surface area contributed by atoms with Gasteiger partial charge in [0, 0.05) is 28.3 Å². The molecule has 0 atom stereocenters. The number of nitrogens with two attached hydrogens (primary N) is 1. The molecule has 0 fully saturated rings. The maximum Gasteiger partial charge on any atom is 0.0491 e. The fraction of sp³-hybridized carbons (Fsp3) is 0.176. The summed E-state index contributed by atoms with van der Waals surface area (Å²) in [5, 5.41) is 2.66. The van der Waals surface area contributed by atoms with E-state index in [-0.39, 0.29) is 0 Å². The molecular weight excluding hydrogens is 303 g/mol. The van der Waals surface area contributed by atoms with E-state index in [0.29, 0.717) is 18.1 Å². The quantitative estimate of drug-likeness (QED) is 0.754. The van der Waals surface area contributed by atoms with Crippen LogP contribution in [-0.4, -0.2) is 11.1 Å². The van der Waals surface area contributed by atoms with Crippen molar-refractivity contribution in [3.63, 3.8) is 0 Å². The summed E-state index contributed by atoms with van der Waals surface area (Å²) in [4.78, 5) is 0. The predicted molar refractivity (Wildman–Crippen MR) is 90.3 cm³/mol. The molecule has 0 aliphatic rings. The summed E-state index contributed by atoms with van der Waals surface area (Å²) in [5.74, 6) is 0. The Hall–Kier alpha value is -1.48. The summed E-state index contributed by atoms with van der Waals surface area (Å²) in [6.07, 6.45) is 2.98. The monoisotopic (exact) mass is 318 g/mol. The third-order valence-corrected chi connectivity index (χ3v) is 4.22. The third-order valence-electron chi connectivity index (χ3n) is 3.62. The number of halogens is 2. The van der Waals surface area contributed by atoms with Crippen LogP contribution in [0.2, 0.25) is 10.0 Å². The van der Waals surface area contributed by atoms with E-state index in [1.54, 1.807) is 6.07 Å². The van der Waals surface area contributed by atoms with E-state index in [9.17, 15) is 0 Å². The summed E-state index contributed by atoms with van der Waals surface area (Å²) in [7, 11) is 0. The summed E-state index contributed by atoms with van der Waals surface area (Å²) in [5.41, 5.74) is 9.09.